The van der Waals surface area contributed by atoms with E-state index >= 15 is 0 Å². The maximum Gasteiger partial charge on any atom is 0.452 e. The van der Waals surface area contributed by atoms with Crippen LogP contribution in [0.15, 0.2) is 33.7 Å². The minimum atomic E-state index is -4.74. The Kier molecular flexibility index (Phi) is 5.46. The van der Waals surface area contributed by atoms with Crippen LogP contribution in [0.25, 0.3) is 0 Å². The van der Waals surface area contributed by atoms with Crippen LogP contribution in [0.5, 0.6) is 5.75 Å². The first-order valence-corrected chi connectivity index (χ1v) is 11.8. The lowest BCUT2D eigenvalue weighted by atomic mass is 10.0. The third-order valence-electron chi connectivity index (χ3n) is 6.11. The predicted molar refractivity (Wildman–Crippen MR) is 103 cm³/mol. The summed E-state index contributed by atoms with van der Waals surface area (Å²) in [6.45, 7) is 0.781. The molecule has 4 rings (SSSR count). The number of carbonyl (C=O) groups is 1. The Hall–Kier alpha value is -2.77. The molecular formula is C20H18F6N2O5S. The Morgan fingerprint density at radius 1 is 1.24 bits per heavy atom. The van der Waals surface area contributed by atoms with Crippen LogP contribution in [-0.2, 0) is 21.4 Å². The van der Waals surface area contributed by atoms with Crippen molar-refractivity contribution in [2.24, 2.45) is 5.92 Å². The molecule has 0 spiro atoms. The normalized spacial score (nSPS) is 23.5. The van der Waals surface area contributed by atoms with E-state index in [4.69, 9.17) is 4.74 Å². The van der Waals surface area contributed by atoms with Crippen molar-refractivity contribution < 1.29 is 48.8 Å². The van der Waals surface area contributed by atoms with Gasteiger partial charge in [-0.05, 0) is 37.5 Å². The van der Waals surface area contributed by atoms with Crippen molar-refractivity contribution in [2.75, 3.05) is 19.3 Å². The average molecular weight is 512 g/mol. The highest BCUT2D eigenvalue weighted by molar-refractivity contribution is 7.90. The molecule has 1 aliphatic heterocycles. The van der Waals surface area contributed by atoms with E-state index in [-0.39, 0.29) is 29.6 Å². The molecule has 3 atom stereocenters. The first-order valence-electron chi connectivity index (χ1n) is 9.93. The van der Waals surface area contributed by atoms with Crippen LogP contribution in [0.1, 0.15) is 35.2 Å². The summed E-state index contributed by atoms with van der Waals surface area (Å²) in [4.78, 5) is 14.2. The number of piperidine rings is 1. The number of aromatic nitrogens is 1. The van der Waals surface area contributed by atoms with E-state index in [1.807, 2.05) is 0 Å². The van der Waals surface area contributed by atoms with Gasteiger partial charge in [-0.1, -0.05) is 5.16 Å². The van der Waals surface area contributed by atoms with Gasteiger partial charge in [0.05, 0.1) is 16.2 Å². The standard InChI is InChI=1S/C20H18F6N2O5S/c1-10(19(21,22)23)32-14-4-3-12(34(2,30)31)5-13(14)17(29)28-8-11-7-18(11,9-28)15-6-16(33-27-15)20(24,25)26/h3-6,10-11H,7-9H2,1-2H3/t10-,11-,18+/m1/s1. The summed E-state index contributed by atoms with van der Waals surface area (Å²) in [5, 5.41) is 3.51. The summed E-state index contributed by atoms with van der Waals surface area (Å²) >= 11 is 0. The Balaban J connectivity index is 1.63. The number of hydrogen-bond donors (Lipinski definition) is 0. The molecule has 0 N–H and O–H groups in total. The van der Waals surface area contributed by atoms with E-state index in [0.717, 1.165) is 37.4 Å². The van der Waals surface area contributed by atoms with Crippen molar-refractivity contribution in [2.45, 2.75) is 42.1 Å². The topological polar surface area (TPSA) is 89.7 Å². The van der Waals surface area contributed by atoms with Crippen LogP contribution < -0.4 is 4.74 Å². The van der Waals surface area contributed by atoms with Crippen molar-refractivity contribution in [3.05, 3.63) is 41.3 Å². The van der Waals surface area contributed by atoms with Crippen molar-refractivity contribution >= 4 is 15.7 Å². The Labute approximate surface area is 189 Å². The van der Waals surface area contributed by atoms with Gasteiger partial charge >= 0.3 is 12.4 Å². The number of likely N-dealkylation sites (tertiary alicyclic amines) is 1. The number of nitrogens with zero attached hydrogens (tertiary/aromatic N) is 2. The lowest BCUT2D eigenvalue weighted by molar-refractivity contribution is -0.189. The monoisotopic (exact) mass is 512 g/mol. The quantitative estimate of drug-likeness (QED) is 0.566. The lowest BCUT2D eigenvalue weighted by Crippen LogP contribution is -2.35. The first kappa shape index (κ1) is 24.4. The second kappa shape index (κ2) is 7.62. The second-order valence-corrected chi connectivity index (χ2v) is 10.6. The summed E-state index contributed by atoms with van der Waals surface area (Å²) in [5.74, 6) is -2.76. The van der Waals surface area contributed by atoms with Crippen LogP contribution in [0.3, 0.4) is 0 Å². The number of ether oxygens (including phenoxy) is 1. The maximum atomic E-state index is 13.2. The van der Waals surface area contributed by atoms with E-state index in [0.29, 0.717) is 6.42 Å². The van der Waals surface area contributed by atoms with E-state index in [1.54, 1.807) is 0 Å². The fourth-order valence-electron chi connectivity index (χ4n) is 4.11. The van der Waals surface area contributed by atoms with Crippen molar-refractivity contribution in [3.8, 4) is 5.75 Å². The van der Waals surface area contributed by atoms with Crippen molar-refractivity contribution in [1.82, 2.24) is 10.1 Å². The number of carbonyl (C=O) groups excluding carboxylic acids is 1. The van der Waals surface area contributed by atoms with Gasteiger partial charge in [-0.2, -0.15) is 26.3 Å². The van der Waals surface area contributed by atoms with Gasteiger partial charge in [0, 0.05) is 30.8 Å². The highest BCUT2D eigenvalue weighted by Gasteiger charge is 2.64. The molecule has 14 heteroatoms. The maximum absolute atomic E-state index is 13.2. The second-order valence-electron chi connectivity index (χ2n) is 8.55. The van der Waals surface area contributed by atoms with Gasteiger partial charge in [-0.25, -0.2) is 8.42 Å². The van der Waals surface area contributed by atoms with Gasteiger partial charge in [0.25, 0.3) is 5.91 Å². The summed E-state index contributed by atoms with van der Waals surface area (Å²) < 4.78 is 111. The predicted octanol–water partition coefficient (Wildman–Crippen LogP) is 3.84. The summed E-state index contributed by atoms with van der Waals surface area (Å²) in [6.07, 6.45) is -10.4. The van der Waals surface area contributed by atoms with Gasteiger partial charge in [0.2, 0.25) is 5.76 Å². The molecule has 186 valence electrons. The molecule has 0 unspecified atom stereocenters. The molecule has 1 saturated heterocycles. The minimum absolute atomic E-state index is 0.0344. The average Bonchev–Trinajstić information content (AvgIpc) is 3.07. The molecule has 1 aromatic heterocycles. The zero-order chi connectivity index (χ0) is 25.3. The zero-order valence-corrected chi connectivity index (χ0v) is 18.5. The fourth-order valence-corrected chi connectivity index (χ4v) is 4.76. The number of amides is 1. The molecule has 2 aliphatic rings. The molecule has 1 saturated carbocycles. The third kappa shape index (κ3) is 4.34. The number of benzene rings is 1. The molecule has 1 amide bonds. The van der Waals surface area contributed by atoms with Gasteiger partial charge in [0.15, 0.2) is 15.9 Å². The molecule has 2 heterocycles. The highest BCUT2D eigenvalue weighted by atomic mass is 32.2. The number of rotatable bonds is 5. The highest BCUT2D eigenvalue weighted by Crippen LogP contribution is 2.59. The fraction of sp³-hybridized carbons (Fsp3) is 0.500. The van der Waals surface area contributed by atoms with Crippen LogP contribution in [0, 0.1) is 5.92 Å². The largest absolute Gasteiger partial charge is 0.480 e. The van der Waals surface area contributed by atoms with Gasteiger partial charge < -0.3 is 14.2 Å². The lowest BCUT2D eigenvalue weighted by Gasteiger charge is -2.24. The van der Waals surface area contributed by atoms with Crippen LogP contribution in [0.4, 0.5) is 26.3 Å². The first-order chi connectivity index (χ1) is 15.5. The Morgan fingerprint density at radius 3 is 2.47 bits per heavy atom. The SMILES string of the molecule is C[C@@H](Oc1ccc(S(C)(=O)=O)cc1C(=O)N1C[C@H]2C[C@]2(c2cc(C(F)(F)F)on2)C1)C(F)(F)F. The molecular weight excluding hydrogens is 494 g/mol. The minimum Gasteiger partial charge on any atom is -0.480 e. The zero-order valence-electron chi connectivity index (χ0n) is 17.7. The van der Waals surface area contributed by atoms with Gasteiger partial charge in [-0.3, -0.25) is 4.79 Å². The number of alkyl halides is 6. The Bertz CT molecular complexity index is 1240. The number of fused-ring (bicyclic) bond motifs is 1. The summed E-state index contributed by atoms with van der Waals surface area (Å²) in [6, 6.07) is 3.72. The van der Waals surface area contributed by atoms with Gasteiger partial charge in [-0.15, -0.1) is 0 Å². The smallest absolute Gasteiger partial charge is 0.452 e. The molecule has 7 nitrogen and oxygen atoms in total. The molecule has 1 aromatic carbocycles. The molecule has 2 aromatic rings. The molecule has 0 bridgehead atoms. The van der Waals surface area contributed by atoms with Gasteiger partial charge in [0.1, 0.15) is 5.75 Å². The number of hydrogen-bond acceptors (Lipinski definition) is 6. The summed E-state index contributed by atoms with van der Waals surface area (Å²) in [5.41, 5.74) is -1.23. The van der Waals surface area contributed by atoms with E-state index in [9.17, 15) is 39.6 Å². The van der Waals surface area contributed by atoms with Crippen molar-refractivity contribution in [3.63, 3.8) is 0 Å². The van der Waals surface area contributed by atoms with Crippen LogP contribution in [0.2, 0.25) is 0 Å². The molecule has 34 heavy (non-hydrogen) atoms. The van der Waals surface area contributed by atoms with Crippen LogP contribution in [-0.4, -0.2) is 56.0 Å². The van der Waals surface area contributed by atoms with Crippen molar-refractivity contribution in [1.29, 1.82) is 0 Å². The van der Waals surface area contributed by atoms with E-state index in [1.165, 1.54) is 4.90 Å². The third-order valence-corrected chi connectivity index (χ3v) is 7.22. The van der Waals surface area contributed by atoms with Crippen LogP contribution >= 0.6 is 0 Å². The molecule has 1 aliphatic carbocycles. The Morgan fingerprint density at radius 2 is 1.91 bits per heavy atom. The number of sulfone groups is 1. The summed E-state index contributed by atoms with van der Waals surface area (Å²) in [7, 11) is -3.80. The number of halogens is 6. The van der Waals surface area contributed by atoms with E-state index < -0.39 is 56.7 Å². The molecule has 2 fully saturated rings. The van der Waals surface area contributed by atoms with E-state index in [2.05, 4.69) is 9.68 Å². The molecule has 0 radical (unpaired) electrons.